The molecule has 0 unspecified atom stereocenters. The number of aromatic amines is 1. The van der Waals surface area contributed by atoms with E-state index >= 15 is 0 Å². The molecule has 0 radical (unpaired) electrons. The van der Waals surface area contributed by atoms with E-state index in [1.807, 2.05) is 76.5 Å². The van der Waals surface area contributed by atoms with Crippen molar-refractivity contribution in [1.29, 1.82) is 0 Å². The zero-order chi connectivity index (χ0) is 35.3. The van der Waals surface area contributed by atoms with E-state index in [0.717, 1.165) is 74.6 Å². The van der Waals surface area contributed by atoms with Crippen LogP contribution in [0.15, 0.2) is 126 Å². The monoisotopic (exact) mass is 633 g/mol. The summed E-state index contributed by atoms with van der Waals surface area (Å²) in [5.74, 6) is -0.274. The van der Waals surface area contributed by atoms with Gasteiger partial charge in [0.05, 0.1) is 0 Å². The highest BCUT2D eigenvalue weighted by atomic mass is 19.1. The van der Waals surface area contributed by atoms with Crippen LogP contribution in [0.2, 0.25) is 0 Å². The summed E-state index contributed by atoms with van der Waals surface area (Å²) in [6.07, 6.45) is 18.3. The van der Waals surface area contributed by atoms with Gasteiger partial charge in [-0.05, 0) is 104 Å². The van der Waals surface area contributed by atoms with Crippen LogP contribution in [0.5, 0.6) is 0 Å². The van der Waals surface area contributed by atoms with Crippen LogP contribution in [0.3, 0.4) is 0 Å². The van der Waals surface area contributed by atoms with Crippen LogP contribution in [-0.2, 0) is 6.42 Å². The van der Waals surface area contributed by atoms with Crippen LogP contribution in [0.4, 0.5) is 10.1 Å². The van der Waals surface area contributed by atoms with E-state index in [0.29, 0.717) is 12.1 Å². The number of nitrogens with two attached hydrogens (primary N) is 1. The summed E-state index contributed by atoms with van der Waals surface area (Å²) in [4.78, 5) is 5.65. The van der Waals surface area contributed by atoms with Crippen molar-refractivity contribution in [3.63, 3.8) is 0 Å². The lowest BCUT2D eigenvalue weighted by molar-refractivity contribution is 0.425. The lowest BCUT2D eigenvalue weighted by Crippen LogP contribution is -2.22. The number of anilines is 1. The molecule has 5 N–H and O–H groups in total. The van der Waals surface area contributed by atoms with E-state index in [1.165, 1.54) is 6.07 Å². The van der Waals surface area contributed by atoms with E-state index in [1.54, 1.807) is 12.1 Å². The number of halogens is 1. The molecule has 0 spiro atoms. The Balaban J connectivity index is 0.00000376. The van der Waals surface area contributed by atoms with Gasteiger partial charge in [-0.3, -0.25) is 0 Å². The molecule has 3 rings (SSSR count). The zero-order valence-electron chi connectivity index (χ0n) is 29.2. The smallest absolute Gasteiger partial charge is 0.125 e. The highest BCUT2D eigenvalue weighted by molar-refractivity contribution is 5.96. The van der Waals surface area contributed by atoms with Crippen LogP contribution in [0.1, 0.15) is 40.3 Å². The van der Waals surface area contributed by atoms with Gasteiger partial charge in [-0.1, -0.05) is 64.8 Å². The van der Waals surface area contributed by atoms with E-state index in [4.69, 9.17) is 5.73 Å². The average molecular weight is 634 g/mol. The lowest BCUT2D eigenvalue weighted by atomic mass is 9.92. The van der Waals surface area contributed by atoms with Gasteiger partial charge in [0.15, 0.2) is 0 Å². The van der Waals surface area contributed by atoms with Crippen molar-refractivity contribution in [3.05, 3.63) is 138 Å². The Kier molecular flexibility index (Phi) is 14.3. The molecule has 2 aromatic carbocycles. The largest absolute Gasteiger partial charge is 0.399 e. The SMILES string of the molecule is C#C.C=C/C(=C\C(=C/C)C(=C)/C=C(Cc1cc2c(-c3cc(F)cc(NCCN(C)C)c3)cccc2[nH]1)\C(N)=C/C)NC(=C)C(C)(C)C. The maximum Gasteiger partial charge on any atom is 0.125 e. The first-order valence-corrected chi connectivity index (χ1v) is 15.7. The predicted octanol–water partition coefficient (Wildman–Crippen LogP) is 9.25. The lowest BCUT2D eigenvalue weighted by Gasteiger charge is -2.24. The van der Waals surface area contributed by atoms with Gasteiger partial charge < -0.3 is 26.3 Å². The third kappa shape index (κ3) is 11.1. The summed E-state index contributed by atoms with van der Waals surface area (Å²) < 4.78 is 14.7. The Bertz CT molecular complexity index is 1720. The van der Waals surface area contributed by atoms with Crippen molar-refractivity contribution in [2.24, 2.45) is 11.1 Å². The third-order valence-electron chi connectivity index (χ3n) is 7.64. The van der Waals surface area contributed by atoms with Gasteiger partial charge in [0, 0.05) is 64.3 Å². The summed E-state index contributed by atoms with van der Waals surface area (Å²) in [6, 6.07) is 13.3. The highest BCUT2D eigenvalue weighted by Gasteiger charge is 2.16. The van der Waals surface area contributed by atoms with Crippen LogP contribution >= 0.6 is 0 Å². The van der Waals surface area contributed by atoms with Gasteiger partial charge in [-0.2, -0.15) is 0 Å². The number of nitrogens with one attached hydrogen (secondary N) is 3. The number of rotatable bonds is 14. The molecule has 0 saturated heterocycles. The summed E-state index contributed by atoms with van der Waals surface area (Å²) in [5, 5.41) is 7.75. The van der Waals surface area contributed by atoms with Crippen molar-refractivity contribution in [3.8, 4) is 24.0 Å². The quantitative estimate of drug-likeness (QED) is 0.106. The van der Waals surface area contributed by atoms with Crippen LogP contribution in [0, 0.1) is 24.1 Å². The molecule has 1 aromatic heterocycles. The Hall–Kier alpha value is -4.99. The van der Waals surface area contributed by atoms with Crippen LogP contribution in [0.25, 0.3) is 22.0 Å². The van der Waals surface area contributed by atoms with Gasteiger partial charge in [0.1, 0.15) is 5.82 Å². The minimum atomic E-state index is -0.274. The third-order valence-corrected chi connectivity index (χ3v) is 7.64. The van der Waals surface area contributed by atoms with Gasteiger partial charge >= 0.3 is 0 Å². The molecule has 0 atom stereocenters. The molecule has 6 heteroatoms. The van der Waals surface area contributed by atoms with Gasteiger partial charge in [-0.15, -0.1) is 12.8 Å². The summed E-state index contributed by atoms with van der Waals surface area (Å²) >= 11 is 0. The van der Waals surface area contributed by atoms with Crippen LogP contribution < -0.4 is 16.4 Å². The maximum absolute atomic E-state index is 14.7. The van der Waals surface area contributed by atoms with Gasteiger partial charge in [-0.25, -0.2) is 4.39 Å². The first-order valence-electron chi connectivity index (χ1n) is 15.7. The molecule has 248 valence electrons. The number of nitrogens with zero attached hydrogens (tertiary/aromatic N) is 1. The molecule has 3 aromatic rings. The molecule has 5 nitrogen and oxygen atoms in total. The molecule has 0 aliphatic heterocycles. The minimum Gasteiger partial charge on any atom is -0.399 e. The second-order valence-electron chi connectivity index (χ2n) is 12.5. The standard InChI is InChI=1S/C39H50FN5.C2H2/c1-11-28(21-32(12-2)43-27(5)39(6,7)8)26(4)19-30(37(41)13-3)23-34-25-36-35(15-14-16-38(36)44-34)29-20-31(40)24-33(22-29)42-17-18-45(9)10;1-2/h11-16,19-22,24-25,42-44H,2,4-5,17-18,23,41H2,1,3,6-10H3;1-2H/b28-11+,30-19-,32-21+,37-13+;. The minimum absolute atomic E-state index is 0.0954. The Labute approximate surface area is 282 Å². The molecular formula is C41H52FN5. The Morgan fingerprint density at radius 1 is 1.04 bits per heavy atom. The molecule has 0 fully saturated rings. The van der Waals surface area contributed by atoms with Crippen LogP contribution in [-0.4, -0.2) is 37.1 Å². The molecule has 1 heterocycles. The molecule has 47 heavy (non-hydrogen) atoms. The van der Waals surface area contributed by atoms with E-state index < -0.39 is 0 Å². The summed E-state index contributed by atoms with van der Waals surface area (Å²) in [6.45, 7) is 24.4. The van der Waals surface area contributed by atoms with Gasteiger partial charge in [0.25, 0.3) is 0 Å². The molecule has 0 bridgehead atoms. The molecule has 0 saturated carbocycles. The van der Waals surface area contributed by atoms with Crippen molar-refractivity contribution >= 4 is 16.6 Å². The van der Waals surface area contributed by atoms with Gasteiger partial charge in [0.2, 0.25) is 0 Å². The molecule has 0 amide bonds. The normalized spacial score (nSPS) is 12.8. The average Bonchev–Trinajstić information content (AvgIpc) is 3.44. The summed E-state index contributed by atoms with van der Waals surface area (Å²) in [5.41, 5.74) is 16.1. The van der Waals surface area contributed by atoms with Crippen molar-refractivity contribution in [2.75, 3.05) is 32.5 Å². The van der Waals surface area contributed by atoms with Crippen molar-refractivity contribution in [2.45, 2.75) is 41.0 Å². The Morgan fingerprint density at radius 3 is 2.34 bits per heavy atom. The first-order chi connectivity index (χ1) is 22.2. The number of likely N-dealkylation sites (N-methyl/N-ethyl adjacent to an activating group) is 1. The fourth-order valence-electron chi connectivity index (χ4n) is 4.79. The highest BCUT2D eigenvalue weighted by Crippen LogP contribution is 2.33. The molecular weight excluding hydrogens is 581 g/mol. The first kappa shape index (κ1) is 38.2. The number of benzene rings is 2. The van der Waals surface area contributed by atoms with Crippen molar-refractivity contribution < 1.29 is 4.39 Å². The molecule has 0 aliphatic rings. The maximum atomic E-state index is 14.7. The van der Waals surface area contributed by atoms with E-state index in [9.17, 15) is 4.39 Å². The fraction of sp³-hybridized carbons (Fsp3) is 0.268. The summed E-state index contributed by atoms with van der Waals surface area (Å²) in [7, 11) is 4.03. The number of hydrogen-bond donors (Lipinski definition) is 4. The number of allylic oxidation sites excluding steroid dienone is 9. The second-order valence-corrected chi connectivity index (χ2v) is 12.5. The topological polar surface area (TPSA) is 69.1 Å². The molecule has 0 aliphatic carbocycles. The predicted molar refractivity (Wildman–Crippen MR) is 203 cm³/mol. The number of hydrogen-bond acceptors (Lipinski definition) is 4. The number of aromatic nitrogens is 1. The number of H-pyrrole nitrogens is 1. The van der Waals surface area contributed by atoms with E-state index in [2.05, 4.69) is 79.9 Å². The second kappa shape index (κ2) is 17.6. The Morgan fingerprint density at radius 2 is 1.74 bits per heavy atom. The fourth-order valence-corrected chi connectivity index (χ4v) is 4.79. The number of terminal acetylenes is 1. The van der Waals surface area contributed by atoms with E-state index in [-0.39, 0.29) is 11.2 Å². The zero-order valence-corrected chi connectivity index (χ0v) is 29.2. The number of fused-ring (bicyclic) bond motifs is 1. The van der Waals surface area contributed by atoms with Crippen molar-refractivity contribution in [1.82, 2.24) is 15.2 Å².